The van der Waals surface area contributed by atoms with Crippen LogP contribution >= 0.6 is 0 Å². The second kappa shape index (κ2) is 8.47. The highest BCUT2D eigenvalue weighted by molar-refractivity contribution is 5.03. The molecule has 0 aromatic heterocycles. The maximum Gasteiger partial charge on any atom is 0.104 e. The van der Waals surface area contributed by atoms with Crippen molar-refractivity contribution >= 4 is 0 Å². The van der Waals surface area contributed by atoms with Crippen LogP contribution in [0.3, 0.4) is 0 Å². The Morgan fingerprint density at radius 2 is 1.83 bits per heavy atom. The molecule has 4 heteroatoms. The van der Waals surface area contributed by atoms with E-state index in [9.17, 15) is 0 Å². The van der Waals surface area contributed by atoms with E-state index in [1.54, 1.807) is 0 Å². The van der Waals surface area contributed by atoms with E-state index in [0.717, 1.165) is 32.6 Å². The molecule has 4 nitrogen and oxygen atoms in total. The molecule has 0 aromatic rings. The molecule has 0 amide bonds. The molecule has 0 bridgehead atoms. The quantitative estimate of drug-likeness (QED) is 0.675. The molecule has 0 radical (unpaired) electrons. The zero-order chi connectivity index (χ0) is 14.2. The highest BCUT2D eigenvalue weighted by Crippen LogP contribution is 2.10. The number of nitrogens with one attached hydrogen (secondary N) is 1. The molecule has 0 aliphatic heterocycles. The summed E-state index contributed by atoms with van der Waals surface area (Å²) in [5.74, 6) is 0.662. The van der Waals surface area contributed by atoms with Crippen molar-refractivity contribution in [3.8, 4) is 6.07 Å². The van der Waals surface area contributed by atoms with Crippen molar-refractivity contribution < 1.29 is 0 Å². The monoisotopic (exact) mass is 254 g/mol. The molecule has 1 atom stereocenters. The van der Waals surface area contributed by atoms with E-state index in [2.05, 4.69) is 49.1 Å². The lowest BCUT2D eigenvalue weighted by Crippen LogP contribution is -2.43. The van der Waals surface area contributed by atoms with Crippen molar-refractivity contribution in [1.82, 2.24) is 15.1 Å². The van der Waals surface area contributed by atoms with Gasteiger partial charge in [-0.15, -0.1) is 0 Å². The minimum atomic E-state index is -0.409. The van der Waals surface area contributed by atoms with E-state index in [1.165, 1.54) is 0 Å². The van der Waals surface area contributed by atoms with Crippen LogP contribution in [0.1, 0.15) is 27.2 Å². The van der Waals surface area contributed by atoms with Gasteiger partial charge in [-0.1, -0.05) is 13.8 Å². The number of nitriles is 1. The minimum Gasteiger partial charge on any atom is -0.308 e. The number of hydrogen-bond donors (Lipinski definition) is 1. The molecule has 106 valence electrons. The van der Waals surface area contributed by atoms with E-state index in [1.807, 2.05) is 14.0 Å². The summed E-state index contributed by atoms with van der Waals surface area (Å²) in [6.07, 6.45) is 0.861. The second-order valence-electron chi connectivity index (χ2n) is 5.94. The SMILES string of the molecule is CNC(C)(C#N)CCN(CCN(C)C)CC(C)C. The van der Waals surface area contributed by atoms with Gasteiger partial charge in [-0.3, -0.25) is 0 Å². The Labute approximate surface area is 113 Å². The van der Waals surface area contributed by atoms with Crippen LogP contribution in [0.25, 0.3) is 0 Å². The third-order valence-corrected chi connectivity index (χ3v) is 3.21. The van der Waals surface area contributed by atoms with Crippen LogP contribution in [0, 0.1) is 17.2 Å². The Bertz CT molecular complexity index is 257. The molecule has 0 spiro atoms. The predicted molar refractivity (Wildman–Crippen MR) is 77.5 cm³/mol. The molecule has 1 unspecified atom stereocenters. The van der Waals surface area contributed by atoms with Gasteiger partial charge in [-0.05, 0) is 40.4 Å². The fourth-order valence-electron chi connectivity index (χ4n) is 1.77. The average Bonchev–Trinajstić information content (AvgIpc) is 2.31. The first kappa shape index (κ1) is 17.4. The lowest BCUT2D eigenvalue weighted by molar-refractivity contribution is 0.204. The van der Waals surface area contributed by atoms with Crippen LogP contribution in [0.5, 0.6) is 0 Å². The summed E-state index contributed by atoms with van der Waals surface area (Å²) in [7, 11) is 6.05. The van der Waals surface area contributed by atoms with Gasteiger partial charge in [0.2, 0.25) is 0 Å². The van der Waals surface area contributed by atoms with Crippen LogP contribution in [-0.4, -0.2) is 62.7 Å². The van der Waals surface area contributed by atoms with Crippen molar-refractivity contribution in [1.29, 1.82) is 5.26 Å². The molecule has 0 saturated carbocycles. The summed E-state index contributed by atoms with van der Waals surface area (Å²) in [4.78, 5) is 4.66. The topological polar surface area (TPSA) is 42.3 Å². The number of likely N-dealkylation sites (N-methyl/N-ethyl adjacent to an activating group) is 1. The predicted octanol–water partition coefficient (Wildman–Crippen LogP) is 1.40. The summed E-state index contributed by atoms with van der Waals surface area (Å²) in [5.41, 5.74) is -0.409. The molecular weight excluding hydrogens is 224 g/mol. The van der Waals surface area contributed by atoms with Crippen molar-refractivity contribution in [3.05, 3.63) is 0 Å². The van der Waals surface area contributed by atoms with Crippen LogP contribution in [0.15, 0.2) is 0 Å². The Morgan fingerprint density at radius 1 is 1.22 bits per heavy atom. The molecule has 0 aromatic carbocycles. The van der Waals surface area contributed by atoms with Crippen LogP contribution in [-0.2, 0) is 0 Å². The lowest BCUT2D eigenvalue weighted by atomic mass is 10.00. The van der Waals surface area contributed by atoms with Crippen molar-refractivity contribution in [2.45, 2.75) is 32.7 Å². The standard InChI is InChI=1S/C14H30N4/c1-13(2)11-18(10-9-17(5)6)8-7-14(3,12-15)16-4/h13,16H,7-11H2,1-6H3. The van der Waals surface area contributed by atoms with E-state index in [-0.39, 0.29) is 0 Å². The fraction of sp³-hybridized carbons (Fsp3) is 0.929. The average molecular weight is 254 g/mol. The molecule has 0 aliphatic carbocycles. The van der Waals surface area contributed by atoms with Crippen LogP contribution in [0.4, 0.5) is 0 Å². The van der Waals surface area contributed by atoms with Crippen LogP contribution < -0.4 is 5.32 Å². The molecule has 1 N–H and O–H groups in total. The molecule has 0 heterocycles. The van der Waals surface area contributed by atoms with Crippen molar-refractivity contribution in [2.75, 3.05) is 47.3 Å². The van der Waals surface area contributed by atoms with Crippen molar-refractivity contribution in [3.63, 3.8) is 0 Å². The normalized spacial score (nSPS) is 15.1. The van der Waals surface area contributed by atoms with Gasteiger partial charge in [0.25, 0.3) is 0 Å². The third-order valence-electron chi connectivity index (χ3n) is 3.21. The first-order valence-electron chi connectivity index (χ1n) is 6.80. The molecule has 0 fully saturated rings. The zero-order valence-electron chi connectivity index (χ0n) is 13.0. The second-order valence-corrected chi connectivity index (χ2v) is 5.94. The Balaban J connectivity index is 4.28. The molecule has 18 heavy (non-hydrogen) atoms. The van der Waals surface area contributed by atoms with E-state index in [4.69, 9.17) is 5.26 Å². The maximum absolute atomic E-state index is 9.16. The zero-order valence-corrected chi connectivity index (χ0v) is 13.0. The smallest absolute Gasteiger partial charge is 0.104 e. The van der Waals surface area contributed by atoms with Crippen LogP contribution in [0.2, 0.25) is 0 Å². The molecular formula is C14H30N4. The lowest BCUT2D eigenvalue weighted by Gasteiger charge is -2.29. The summed E-state index contributed by atoms with van der Waals surface area (Å²) in [6.45, 7) is 10.6. The van der Waals surface area contributed by atoms with Crippen molar-refractivity contribution in [2.24, 2.45) is 5.92 Å². The van der Waals surface area contributed by atoms with Gasteiger partial charge < -0.3 is 15.1 Å². The minimum absolute atomic E-state index is 0.409. The largest absolute Gasteiger partial charge is 0.308 e. The van der Waals surface area contributed by atoms with Gasteiger partial charge in [0.15, 0.2) is 0 Å². The first-order valence-corrected chi connectivity index (χ1v) is 6.80. The summed E-state index contributed by atoms with van der Waals surface area (Å²) in [6, 6.07) is 2.35. The molecule has 0 saturated heterocycles. The number of rotatable bonds is 9. The van der Waals surface area contributed by atoms with Gasteiger partial charge in [-0.25, -0.2) is 0 Å². The van der Waals surface area contributed by atoms with E-state index in [0.29, 0.717) is 5.92 Å². The molecule has 0 aliphatic rings. The highest BCUT2D eigenvalue weighted by atomic mass is 15.2. The number of hydrogen-bond acceptors (Lipinski definition) is 4. The third kappa shape index (κ3) is 7.65. The highest BCUT2D eigenvalue weighted by Gasteiger charge is 2.22. The van der Waals surface area contributed by atoms with Gasteiger partial charge in [0.05, 0.1) is 6.07 Å². The van der Waals surface area contributed by atoms with E-state index < -0.39 is 5.54 Å². The van der Waals surface area contributed by atoms with Gasteiger partial charge >= 0.3 is 0 Å². The Kier molecular flexibility index (Phi) is 8.17. The Hall–Kier alpha value is -0.630. The fourth-order valence-corrected chi connectivity index (χ4v) is 1.77. The summed E-state index contributed by atoms with van der Waals surface area (Å²) < 4.78 is 0. The van der Waals surface area contributed by atoms with E-state index >= 15 is 0 Å². The van der Waals surface area contributed by atoms with Gasteiger partial charge in [0.1, 0.15) is 5.54 Å². The summed E-state index contributed by atoms with van der Waals surface area (Å²) in [5, 5.41) is 12.3. The first-order chi connectivity index (χ1) is 8.33. The maximum atomic E-state index is 9.16. The Morgan fingerprint density at radius 3 is 2.22 bits per heavy atom. The molecule has 0 rings (SSSR count). The summed E-state index contributed by atoms with van der Waals surface area (Å²) >= 11 is 0. The number of nitrogens with zero attached hydrogens (tertiary/aromatic N) is 3. The van der Waals surface area contributed by atoms with Gasteiger partial charge in [-0.2, -0.15) is 5.26 Å². The van der Waals surface area contributed by atoms with Gasteiger partial charge in [0, 0.05) is 26.2 Å².